The van der Waals surface area contributed by atoms with Gasteiger partial charge in [-0.05, 0) is 72.9 Å². The van der Waals surface area contributed by atoms with Crippen molar-refractivity contribution in [3.05, 3.63) is 64.7 Å². The fourth-order valence-electron chi connectivity index (χ4n) is 4.87. The molecule has 1 aromatic heterocycles. The number of fused-ring (bicyclic) bond motifs is 3. The highest BCUT2D eigenvalue weighted by molar-refractivity contribution is 6.05. The van der Waals surface area contributed by atoms with Gasteiger partial charge in [-0.2, -0.15) is 4.57 Å². The lowest BCUT2D eigenvalue weighted by molar-refractivity contribution is -0.633. The maximum atomic E-state index is 6.51. The molecule has 2 heterocycles. The Morgan fingerprint density at radius 3 is 2.45 bits per heavy atom. The molecule has 2 nitrogen and oxygen atoms in total. The van der Waals surface area contributed by atoms with Crippen molar-refractivity contribution in [1.29, 1.82) is 0 Å². The third-order valence-corrected chi connectivity index (χ3v) is 6.27. The molecular formula is C27H28NO+. The van der Waals surface area contributed by atoms with Gasteiger partial charge in [0.2, 0.25) is 5.52 Å². The van der Waals surface area contributed by atoms with Crippen LogP contribution < -0.4 is 9.30 Å². The van der Waals surface area contributed by atoms with Crippen LogP contribution >= 0.6 is 0 Å². The SMILES string of the molecule is Cc1cc2c3c(c(C)c(C)cc3c1)-c1c(cc3cc(CC(C)C)ccc3[n+]1C)O2. The Kier molecular flexibility index (Phi) is 3.96. The Labute approximate surface area is 172 Å². The van der Waals surface area contributed by atoms with Crippen molar-refractivity contribution in [1.82, 2.24) is 0 Å². The Hall–Kier alpha value is -2.87. The highest BCUT2D eigenvalue weighted by Crippen LogP contribution is 2.48. The average molecular weight is 383 g/mol. The minimum absolute atomic E-state index is 0.646. The zero-order chi connectivity index (χ0) is 20.4. The van der Waals surface area contributed by atoms with Gasteiger partial charge < -0.3 is 4.74 Å². The quantitative estimate of drug-likeness (QED) is 0.309. The van der Waals surface area contributed by atoms with Crippen LogP contribution in [0, 0.1) is 26.7 Å². The molecule has 2 heteroatoms. The van der Waals surface area contributed by atoms with E-state index in [-0.39, 0.29) is 0 Å². The molecule has 0 amide bonds. The number of pyridine rings is 1. The molecule has 0 atom stereocenters. The number of ether oxygens (including phenoxy) is 1. The fraction of sp³-hybridized carbons (Fsp3) is 0.296. The molecule has 0 N–H and O–H groups in total. The second-order valence-corrected chi connectivity index (χ2v) is 9.06. The highest BCUT2D eigenvalue weighted by atomic mass is 16.5. The summed E-state index contributed by atoms with van der Waals surface area (Å²) in [5.74, 6) is 2.58. The average Bonchev–Trinajstić information content (AvgIpc) is 2.64. The van der Waals surface area contributed by atoms with E-state index in [1.54, 1.807) is 0 Å². The maximum Gasteiger partial charge on any atom is 0.256 e. The first-order chi connectivity index (χ1) is 13.8. The molecule has 0 saturated carbocycles. The number of hydrogen-bond donors (Lipinski definition) is 0. The molecule has 0 fully saturated rings. The second-order valence-electron chi connectivity index (χ2n) is 9.06. The lowest BCUT2D eigenvalue weighted by atomic mass is 9.89. The van der Waals surface area contributed by atoms with Crippen LogP contribution in [0.5, 0.6) is 11.5 Å². The summed E-state index contributed by atoms with van der Waals surface area (Å²) in [5.41, 5.74) is 9.00. The summed E-state index contributed by atoms with van der Waals surface area (Å²) in [7, 11) is 2.17. The largest absolute Gasteiger partial charge is 0.450 e. The lowest BCUT2D eigenvalue weighted by Crippen LogP contribution is -2.33. The van der Waals surface area contributed by atoms with Crippen LogP contribution in [0.2, 0.25) is 0 Å². The Balaban J connectivity index is 1.86. The summed E-state index contributed by atoms with van der Waals surface area (Å²) >= 11 is 0. The molecule has 0 unspecified atom stereocenters. The monoisotopic (exact) mass is 382 g/mol. The Morgan fingerprint density at radius 2 is 1.69 bits per heavy atom. The Bertz CT molecular complexity index is 1310. The van der Waals surface area contributed by atoms with E-state index in [0.29, 0.717) is 5.92 Å². The van der Waals surface area contributed by atoms with E-state index in [4.69, 9.17) is 4.74 Å². The molecule has 4 aromatic rings. The topological polar surface area (TPSA) is 13.1 Å². The van der Waals surface area contributed by atoms with Crippen LogP contribution in [-0.2, 0) is 13.5 Å². The number of aryl methyl sites for hydroxylation is 3. The highest BCUT2D eigenvalue weighted by Gasteiger charge is 2.31. The number of hydrogen-bond acceptors (Lipinski definition) is 1. The smallest absolute Gasteiger partial charge is 0.256 e. The maximum absolute atomic E-state index is 6.51. The summed E-state index contributed by atoms with van der Waals surface area (Å²) in [6, 6.07) is 15.8. The number of benzene rings is 3. The van der Waals surface area contributed by atoms with Gasteiger partial charge in [-0.25, -0.2) is 0 Å². The number of rotatable bonds is 2. The molecule has 146 valence electrons. The van der Waals surface area contributed by atoms with E-state index in [1.165, 1.54) is 55.2 Å². The molecule has 0 spiro atoms. The molecule has 1 aliphatic heterocycles. The van der Waals surface area contributed by atoms with E-state index < -0.39 is 0 Å². The van der Waals surface area contributed by atoms with Gasteiger partial charge >= 0.3 is 0 Å². The normalized spacial score (nSPS) is 12.5. The first-order valence-corrected chi connectivity index (χ1v) is 10.5. The molecule has 5 rings (SSSR count). The van der Waals surface area contributed by atoms with E-state index >= 15 is 0 Å². The van der Waals surface area contributed by atoms with Crippen molar-refractivity contribution in [3.63, 3.8) is 0 Å². The van der Waals surface area contributed by atoms with Gasteiger partial charge in [-0.15, -0.1) is 0 Å². The predicted octanol–water partition coefficient (Wildman–Crippen LogP) is 6.71. The first kappa shape index (κ1) is 18.2. The first-order valence-electron chi connectivity index (χ1n) is 10.5. The van der Waals surface area contributed by atoms with E-state index in [1.807, 2.05) is 0 Å². The van der Waals surface area contributed by atoms with Crippen molar-refractivity contribution in [2.24, 2.45) is 13.0 Å². The van der Waals surface area contributed by atoms with Crippen LogP contribution in [-0.4, -0.2) is 0 Å². The van der Waals surface area contributed by atoms with E-state index in [0.717, 1.165) is 17.9 Å². The van der Waals surface area contributed by atoms with E-state index in [9.17, 15) is 0 Å². The zero-order valence-electron chi connectivity index (χ0n) is 18.2. The summed E-state index contributed by atoms with van der Waals surface area (Å²) in [4.78, 5) is 0. The summed E-state index contributed by atoms with van der Waals surface area (Å²) in [6.07, 6.45) is 1.09. The molecule has 0 radical (unpaired) electrons. The van der Waals surface area contributed by atoms with Gasteiger partial charge in [0, 0.05) is 17.5 Å². The third-order valence-electron chi connectivity index (χ3n) is 6.27. The van der Waals surface area contributed by atoms with E-state index in [2.05, 4.69) is 88.7 Å². The van der Waals surface area contributed by atoms with Crippen molar-refractivity contribution in [2.75, 3.05) is 0 Å². The molecule has 1 aliphatic rings. The predicted molar refractivity (Wildman–Crippen MR) is 121 cm³/mol. The van der Waals surface area contributed by atoms with Gasteiger partial charge in [0.25, 0.3) is 5.69 Å². The zero-order valence-corrected chi connectivity index (χ0v) is 18.2. The van der Waals surface area contributed by atoms with Gasteiger partial charge in [0.1, 0.15) is 12.8 Å². The number of aromatic nitrogens is 1. The van der Waals surface area contributed by atoms with Gasteiger partial charge in [-0.3, -0.25) is 0 Å². The molecular weight excluding hydrogens is 354 g/mol. The number of nitrogens with zero attached hydrogens (tertiary/aromatic N) is 1. The van der Waals surface area contributed by atoms with Crippen LogP contribution in [0.1, 0.15) is 36.1 Å². The minimum atomic E-state index is 0.646. The van der Waals surface area contributed by atoms with Crippen molar-refractivity contribution in [2.45, 2.75) is 41.0 Å². The van der Waals surface area contributed by atoms with Gasteiger partial charge in [0.15, 0.2) is 5.75 Å². The summed E-state index contributed by atoms with van der Waals surface area (Å²) in [6.45, 7) is 11.1. The van der Waals surface area contributed by atoms with Crippen LogP contribution in [0.3, 0.4) is 0 Å². The minimum Gasteiger partial charge on any atom is -0.450 e. The molecule has 0 saturated heterocycles. The summed E-state index contributed by atoms with van der Waals surface area (Å²) < 4.78 is 8.83. The molecule has 3 aromatic carbocycles. The molecule has 0 aliphatic carbocycles. The van der Waals surface area contributed by atoms with Crippen molar-refractivity contribution in [3.8, 4) is 22.8 Å². The van der Waals surface area contributed by atoms with Crippen LogP contribution in [0.4, 0.5) is 0 Å². The van der Waals surface area contributed by atoms with Crippen molar-refractivity contribution >= 4 is 21.7 Å². The van der Waals surface area contributed by atoms with Crippen molar-refractivity contribution < 1.29 is 9.30 Å². The fourth-order valence-corrected chi connectivity index (χ4v) is 4.87. The third kappa shape index (κ3) is 2.73. The van der Waals surface area contributed by atoms with Crippen LogP contribution in [0.25, 0.3) is 32.9 Å². The Morgan fingerprint density at radius 1 is 0.897 bits per heavy atom. The molecule has 0 bridgehead atoms. The van der Waals surface area contributed by atoms with Gasteiger partial charge in [0.05, 0.1) is 10.9 Å². The molecule has 29 heavy (non-hydrogen) atoms. The van der Waals surface area contributed by atoms with Gasteiger partial charge in [-0.1, -0.05) is 32.0 Å². The summed E-state index contributed by atoms with van der Waals surface area (Å²) in [5, 5.41) is 3.73. The second kappa shape index (κ2) is 6.32. The standard InChI is InChI=1S/C27H28NO/c1-15(2)9-19-7-8-22-20(13-19)14-24-27(28(22)6)25-18(5)17(4)12-21-10-16(3)11-23(29-24)26(21)25/h7-8,10-15H,9H2,1-6H3/q+1. The van der Waals surface area contributed by atoms with Crippen LogP contribution in [0.15, 0.2) is 42.5 Å². The lowest BCUT2D eigenvalue weighted by Gasteiger charge is -2.23.